The Morgan fingerprint density at radius 3 is 2.58 bits per heavy atom. The fourth-order valence-electron chi connectivity index (χ4n) is 4.66. The van der Waals surface area contributed by atoms with Crippen molar-refractivity contribution in [1.82, 2.24) is 15.3 Å². The summed E-state index contributed by atoms with van der Waals surface area (Å²) in [5.74, 6) is 3.09. The van der Waals surface area contributed by atoms with Crippen LogP contribution in [0.2, 0.25) is 0 Å². The molecule has 7 heteroatoms. The number of ether oxygens (including phenoxy) is 1. The predicted molar refractivity (Wildman–Crippen MR) is 134 cm³/mol. The third kappa shape index (κ3) is 5.47. The first kappa shape index (κ1) is 23.1. The fraction of sp³-hybridized carbons (Fsp3) is 0.462. The van der Waals surface area contributed by atoms with Gasteiger partial charge in [-0.25, -0.2) is 4.98 Å². The van der Waals surface area contributed by atoms with Crippen molar-refractivity contribution in [2.24, 2.45) is 5.92 Å². The van der Waals surface area contributed by atoms with E-state index in [0.717, 1.165) is 59.7 Å². The molecule has 0 bridgehead atoms. The predicted octanol–water partition coefficient (Wildman–Crippen LogP) is 4.48. The molecule has 0 saturated heterocycles. The maximum Gasteiger partial charge on any atom is 0.225 e. The molecule has 0 atom stereocenters. The summed E-state index contributed by atoms with van der Waals surface area (Å²) in [6.07, 6.45) is 4.59. The smallest absolute Gasteiger partial charge is 0.225 e. The van der Waals surface area contributed by atoms with Crippen LogP contribution in [-0.4, -0.2) is 48.9 Å². The quantitative estimate of drug-likeness (QED) is 0.468. The van der Waals surface area contributed by atoms with Crippen LogP contribution in [-0.2, 0) is 6.54 Å². The minimum atomic E-state index is 0.222. The molecule has 1 heterocycles. The van der Waals surface area contributed by atoms with Gasteiger partial charge in [0, 0.05) is 32.1 Å². The van der Waals surface area contributed by atoms with Crippen molar-refractivity contribution < 1.29 is 9.84 Å². The fourth-order valence-corrected chi connectivity index (χ4v) is 4.66. The van der Waals surface area contributed by atoms with Crippen molar-refractivity contribution >= 4 is 22.7 Å². The van der Waals surface area contributed by atoms with Crippen molar-refractivity contribution in [3.63, 3.8) is 0 Å². The van der Waals surface area contributed by atoms with Crippen LogP contribution in [0, 0.1) is 12.8 Å². The number of phenolic OH excluding ortho intramolecular Hbond substituents is 1. The maximum atomic E-state index is 10.0. The van der Waals surface area contributed by atoms with E-state index in [1.54, 1.807) is 7.11 Å². The van der Waals surface area contributed by atoms with Crippen molar-refractivity contribution in [2.75, 3.05) is 38.0 Å². The van der Waals surface area contributed by atoms with Crippen LogP contribution in [0.5, 0.6) is 11.5 Å². The molecule has 3 aromatic rings. The average Bonchev–Trinajstić information content (AvgIpc) is 2.81. The van der Waals surface area contributed by atoms with Gasteiger partial charge < -0.3 is 25.4 Å². The second-order valence-electron chi connectivity index (χ2n) is 9.24. The summed E-state index contributed by atoms with van der Waals surface area (Å²) < 4.78 is 5.27. The number of para-hydroxylation sites is 1. The van der Waals surface area contributed by atoms with Crippen LogP contribution < -0.4 is 20.3 Å². The minimum Gasteiger partial charge on any atom is -0.504 e. The molecule has 1 saturated carbocycles. The standard InChI is InChI=1S/C26H35N5O2/c1-17-13-19(14-23(33-4)24(17)32)16-27-15-18-9-11-20(12-10-18)28-26-29-22-8-6-5-7-21(22)25(30-26)31(2)3/h5-8,13-14,18,20,27,32H,9-12,15-16H2,1-4H3,(H,28,29,30). The van der Waals surface area contributed by atoms with E-state index in [-0.39, 0.29) is 5.75 Å². The van der Waals surface area contributed by atoms with Crippen molar-refractivity contribution in [3.8, 4) is 11.5 Å². The van der Waals surface area contributed by atoms with Gasteiger partial charge in [-0.3, -0.25) is 0 Å². The van der Waals surface area contributed by atoms with Gasteiger partial charge in [-0.1, -0.05) is 18.2 Å². The van der Waals surface area contributed by atoms with E-state index in [4.69, 9.17) is 14.7 Å². The molecule has 1 fully saturated rings. The Hall–Kier alpha value is -3.06. The number of methoxy groups -OCH3 is 1. The van der Waals surface area contributed by atoms with Gasteiger partial charge in [0.05, 0.1) is 12.6 Å². The van der Waals surface area contributed by atoms with Gasteiger partial charge in [-0.15, -0.1) is 0 Å². The normalized spacial score (nSPS) is 18.3. The van der Waals surface area contributed by atoms with E-state index in [0.29, 0.717) is 17.7 Å². The van der Waals surface area contributed by atoms with Gasteiger partial charge in [-0.05, 0) is 74.4 Å². The molecule has 1 aliphatic rings. The molecule has 0 aliphatic heterocycles. The Labute approximate surface area is 196 Å². The number of rotatable bonds is 8. The van der Waals surface area contributed by atoms with Crippen molar-refractivity contribution in [3.05, 3.63) is 47.5 Å². The molecule has 4 rings (SSSR count). The van der Waals surface area contributed by atoms with Gasteiger partial charge in [0.25, 0.3) is 0 Å². The van der Waals surface area contributed by atoms with Crippen molar-refractivity contribution in [2.45, 2.75) is 45.2 Å². The van der Waals surface area contributed by atoms with Gasteiger partial charge in [-0.2, -0.15) is 4.98 Å². The Balaban J connectivity index is 1.29. The van der Waals surface area contributed by atoms with Crippen LogP contribution in [0.3, 0.4) is 0 Å². The summed E-state index contributed by atoms with van der Waals surface area (Å²) >= 11 is 0. The number of aryl methyl sites for hydroxylation is 1. The monoisotopic (exact) mass is 449 g/mol. The number of fused-ring (bicyclic) bond motifs is 1. The first-order valence-electron chi connectivity index (χ1n) is 11.7. The van der Waals surface area contributed by atoms with Crippen LogP contribution in [0.4, 0.5) is 11.8 Å². The summed E-state index contributed by atoms with van der Waals surface area (Å²) in [6.45, 7) is 3.66. The highest BCUT2D eigenvalue weighted by Gasteiger charge is 2.22. The average molecular weight is 450 g/mol. The molecule has 1 aliphatic carbocycles. The molecule has 0 unspecified atom stereocenters. The molecular weight excluding hydrogens is 414 g/mol. The van der Waals surface area contributed by atoms with E-state index in [9.17, 15) is 5.11 Å². The molecule has 0 amide bonds. The molecule has 0 radical (unpaired) electrons. The second kappa shape index (κ2) is 10.3. The summed E-state index contributed by atoms with van der Waals surface area (Å²) in [5.41, 5.74) is 2.94. The van der Waals surface area contributed by atoms with Gasteiger partial charge in [0.15, 0.2) is 11.5 Å². The highest BCUT2D eigenvalue weighted by Crippen LogP contribution is 2.31. The molecule has 33 heavy (non-hydrogen) atoms. The highest BCUT2D eigenvalue weighted by molar-refractivity contribution is 5.90. The lowest BCUT2D eigenvalue weighted by Gasteiger charge is -2.29. The molecule has 1 aromatic heterocycles. The Bertz CT molecular complexity index is 1090. The number of hydrogen-bond acceptors (Lipinski definition) is 7. The van der Waals surface area contributed by atoms with E-state index in [1.165, 1.54) is 12.8 Å². The van der Waals surface area contributed by atoms with Crippen LogP contribution in [0.25, 0.3) is 10.9 Å². The van der Waals surface area contributed by atoms with E-state index in [1.807, 2.05) is 56.3 Å². The zero-order valence-electron chi connectivity index (χ0n) is 20.1. The molecule has 2 aromatic carbocycles. The number of nitrogens with one attached hydrogen (secondary N) is 2. The van der Waals surface area contributed by atoms with E-state index in [2.05, 4.69) is 16.7 Å². The molecule has 0 spiro atoms. The van der Waals surface area contributed by atoms with E-state index < -0.39 is 0 Å². The number of benzene rings is 2. The Morgan fingerprint density at radius 1 is 1.09 bits per heavy atom. The largest absolute Gasteiger partial charge is 0.504 e. The lowest BCUT2D eigenvalue weighted by Crippen LogP contribution is -2.31. The van der Waals surface area contributed by atoms with Crippen LogP contribution in [0.15, 0.2) is 36.4 Å². The summed E-state index contributed by atoms with van der Waals surface area (Å²) in [4.78, 5) is 11.6. The van der Waals surface area contributed by atoms with E-state index >= 15 is 0 Å². The van der Waals surface area contributed by atoms with Crippen molar-refractivity contribution in [1.29, 1.82) is 0 Å². The van der Waals surface area contributed by atoms with Crippen LogP contribution >= 0.6 is 0 Å². The number of anilines is 2. The number of aromatic nitrogens is 2. The molecule has 176 valence electrons. The zero-order chi connectivity index (χ0) is 23.4. The third-order valence-electron chi connectivity index (χ3n) is 6.49. The Kier molecular flexibility index (Phi) is 7.18. The molecule has 3 N–H and O–H groups in total. The minimum absolute atomic E-state index is 0.222. The van der Waals surface area contributed by atoms with Gasteiger partial charge >= 0.3 is 0 Å². The second-order valence-corrected chi connectivity index (χ2v) is 9.24. The summed E-state index contributed by atoms with van der Waals surface area (Å²) in [7, 11) is 5.63. The first-order chi connectivity index (χ1) is 15.9. The Morgan fingerprint density at radius 2 is 1.85 bits per heavy atom. The number of phenols is 1. The zero-order valence-corrected chi connectivity index (χ0v) is 20.1. The number of nitrogens with zero attached hydrogens (tertiary/aromatic N) is 3. The lowest BCUT2D eigenvalue weighted by molar-refractivity contribution is 0.323. The summed E-state index contributed by atoms with van der Waals surface area (Å²) in [6, 6.07) is 12.5. The third-order valence-corrected chi connectivity index (χ3v) is 6.49. The lowest BCUT2D eigenvalue weighted by atomic mass is 9.86. The highest BCUT2D eigenvalue weighted by atomic mass is 16.5. The van der Waals surface area contributed by atoms with Gasteiger partial charge in [0.2, 0.25) is 5.95 Å². The first-order valence-corrected chi connectivity index (χ1v) is 11.7. The van der Waals surface area contributed by atoms with Crippen LogP contribution in [0.1, 0.15) is 36.8 Å². The molecular formula is C26H35N5O2. The molecule has 7 nitrogen and oxygen atoms in total. The van der Waals surface area contributed by atoms with Gasteiger partial charge in [0.1, 0.15) is 5.82 Å². The topological polar surface area (TPSA) is 82.5 Å². The maximum absolute atomic E-state index is 10.0. The SMILES string of the molecule is COc1cc(CNCC2CCC(Nc3nc(N(C)C)c4ccccc4n3)CC2)cc(C)c1O. The summed E-state index contributed by atoms with van der Waals surface area (Å²) in [5, 5.41) is 18.3. The number of hydrogen-bond donors (Lipinski definition) is 3. The number of aromatic hydroxyl groups is 1.